The first-order valence-electron chi connectivity index (χ1n) is 9.53. The van der Waals surface area contributed by atoms with Crippen LogP contribution in [-0.4, -0.2) is 40.0 Å². The van der Waals surface area contributed by atoms with Crippen molar-refractivity contribution in [2.45, 2.75) is 0 Å². The number of fused-ring (bicyclic) bond motifs is 1. The normalized spacial score (nSPS) is 10.5. The second kappa shape index (κ2) is 8.60. The lowest BCUT2D eigenvalue weighted by molar-refractivity contribution is 0.0996. The predicted octanol–water partition coefficient (Wildman–Crippen LogP) is 4.14. The average Bonchev–Trinajstić information content (AvgIpc) is 3.19. The van der Waals surface area contributed by atoms with Crippen LogP contribution in [0.15, 0.2) is 66.7 Å². The third-order valence-electron chi connectivity index (χ3n) is 4.71. The molecular weight excluding hydrogens is 412 g/mol. The number of hydrogen-bond acceptors (Lipinski definition) is 5. The molecule has 2 amide bonds. The van der Waals surface area contributed by atoms with E-state index in [9.17, 15) is 14.4 Å². The first-order chi connectivity index (χ1) is 15.4. The third kappa shape index (κ3) is 4.26. The van der Waals surface area contributed by atoms with Crippen LogP contribution >= 0.6 is 0 Å². The van der Waals surface area contributed by atoms with Gasteiger partial charge in [0.05, 0.1) is 23.7 Å². The molecule has 4 N–H and O–H groups in total. The van der Waals surface area contributed by atoms with Crippen molar-refractivity contribution < 1.29 is 24.2 Å². The van der Waals surface area contributed by atoms with E-state index in [1.165, 1.54) is 7.11 Å². The number of carboxylic acid groups (broad SMARTS) is 1. The summed E-state index contributed by atoms with van der Waals surface area (Å²) in [5.74, 6) is -0.143. The van der Waals surface area contributed by atoms with Crippen LogP contribution in [0.1, 0.15) is 26.3 Å². The average molecular weight is 430 g/mol. The van der Waals surface area contributed by atoms with Gasteiger partial charge in [-0.1, -0.05) is 24.3 Å². The van der Waals surface area contributed by atoms with Crippen molar-refractivity contribution in [1.29, 1.82) is 0 Å². The zero-order valence-electron chi connectivity index (χ0n) is 16.9. The standard InChI is InChI=1S/C23H18N4O5/c1-32-15-6-4-5-14(12-15)24-21(29)17-8-3-2-7-16(17)20(28)13-9-10-18-19(11-13)26-22(25-18)27-23(30)31/h2-12H,1H3,(H,24,29)(H,30,31)(H2,25,26,27). The topological polar surface area (TPSA) is 133 Å². The molecule has 160 valence electrons. The number of aromatic nitrogens is 2. The molecule has 0 saturated heterocycles. The van der Waals surface area contributed by atoms with Crippen molar-refractivity contribution in [2.75, 3.05) is 17.7 Å². The smallest absolute Gasteiger partial charge is 0.411 e. The number of carbonyl (C=O) groups excluding carboxylic acids is 2. The zero-order chi connectivity index (χ0) is 22.7. The Labute approximate surface area is 182 Å². The van der Waals surface area contributed by atoms with Crippen molar-refractivity contribution in [3.63, 3.8) is 0 Å². The van der Waals surface area contributed by atoms with Crippen LogP contribution in [0.2, 0.25) is 0 Å². The molecule has 0 fully saturated rings. The second-order valence-electron chi connectivity index (χ2n) is 6.81. The minimum Gasteiger partial charge on any atom is -0.497 e. The molecule has 0 bridgehead atoms. The second-order valence-corrected chi connectivity index (χ2v) is 6.81. The number of amides is 2. The molecule has 9 nitrogen and oxygen atoms in total. The van der Waals surface area contributed by atoms with Gasteiger partial charge in [0.1, 0.15) is 5.75 Å². The Morgan fingerprint density at radius 1 is 0.938 bits per heavy atom. The molecule has 4 aromatic rings. The van der Waals surface area contributed by atoms with E-state index in [-0.39, 0.29) is 22.9 Å². The van der Waals surface area contributed by atoms with Crippen molar-refractivity contribution in [3.8, 4) is 5.75 Å². The van der Waals surface area contributed by atoms with Crippen molar-refractivity contribution >= 4 is 40.5 Å². The van der Waals surface area contributed by atoms with Crippen LogP contribution in [0.4, 0.5) is 16.4 Å². The van der Waals surface area contributed by atoms with E-state index in [0.717, 1.165) is 0 Å². The molecule has 0 aliphatic carbocycles. The van der Waals surface area contributed by atoms with Gasteiger partial charge in [-0.15, -0.1) is 0 Å². The summed E-state index contributed by atoms with van der Waals surface area (Å²) < 4.78 is 5.17. The number of nitrogens with one attached hydrogen (secondary N) is 3. The Morgan fingerprint density at radius 3 is 2.47 bits per heavy atom. The van der Waals surface area contributed by atoms with Gasteiger partial charge < -0.3 is 20.1 Å². The molecule has 9 heteroatoms. The molecule has 0 spiro atoms. The Morgan fingerprint density at radius 2 is 1.72 bits per heavy atom. The third-order valence-corrected chi connectivity index (χ3v) is 4.71. The van der Waals surface area contributed by atoms with Crippen LogP contribution in [-0.2, 0) is 0 Å². The monoisotopic (exact) mass is 430 g/mol. The first-order valence-corrected chi connectivity index (χ1v) is 9.53. The summed E-state index contributed by atoms with van der Waals surface area (Å²) in [6, 6.07) is 18.2. The lowest BCUT2D eigenvalue weighted by Crippen LogP contribution is -2.17. The summed E-state index contributed by atoms with van der Waals surface area (Å²) in [6.07, 6.45) is -1.25. The number of nitrogens with zero attached hydrogens (tertiary/aromatic N) is 1. The maximum Gasteiger partial charge on any atom is 0.411 e. The summed E-state index contributed by atoms with van der Waals surface area (Å²) in [5, 5.41) is 13.7. The van der Waals surface area contributed by atoms with E-state index in [4.69, 9.17) is 9.84 Å². The fraction of sp³-hybridized carbons (Fsp3) is 0.0435. The van der Waals surface area contributed by atoms with Gasteiger partial charge in [-0.3, -0.25) is 14.9 Å². The number of rotatable bonds is 6. The van der Waals surface area contributed by atoms with Crippen molar-refractivity contribution in [2.24, 2.45) is 0 Å². The number of anilines is 2. The molecule has 32 heavy (non-hydrogen) atoms. The lowest BCUT2D eigenvalue weighted by atomic mass is 9.97. The Balaban J connectivity index is 1.63. The van der Waals surface area contributed by atoms with E-state index in [1.54, 1.807) is 66.7 Å². The molecule has 0 aliphatic rings. The Bertz CT molecular complexity index is 1350. The predicted molar refractivity (Wildman–Crippen MR) is 119 cm³/mol. The van der Waals surface area contributed by atoms with Gasteiger partial charge >= 0.3 is 6.09 Å². The summed E-state index contributed by atoms with van der Waals surface area (Å²) in [5.41, 5.74) is 2.29. The quantitative estimate of drug-likeness (QED) is 0.340. The highest BCUT2D eigenvalue weighted by Crippen LogP contribution is 2.22. The number of methoxy groups -OCH3 is 1. The maximum absolute atomic E-state index is 13.2. The summed E-state index contributed by atoms with van der Waals surface area (Å²) in [4.78, 5) is 43.8. The van der Waals surface area contributed by atoms with Crippen LogP contribution < -0.4 is 15.4 Å². The van der Waals surface area contributed by atoms with E-state index >= 15 is 0 Å². The fourth-order valence-corrected chi connectivity index (χ4v) is 3.25. The highest BCUT2D eigenvalue weighted by Gasteiger charge is 2.19. The number of hydrogen-bond donors (Lipinski definition) is 4. The molecule has 0 radical (unpaired) electrons. The molecule has 0 atom stereocenters. The van der Waals surface area contributed by atoms with Gasteiger partial charge in [0, 0.05) is 22.9 Å². The number of H-pyrrole nitrogens is 1. The molecule has 1 aromatic heterocycles. The molecule has 0 aliphatic heterocycles. The molecule has 1 heterocycles. The summed E-state index contributed by atoms with van der Waals surface area (Å²) >= 11 is 0. The van der Waals surface area contributed by atoms with Gasteiger partial charge in [-0.2, -0.15) is 0 Å². The van der Waals surface area contributed by atoms with Gasteiger partial charge in [-0.25, -0.2) is 9.78 Å². The van der Waals surface area contributed by atoms with Crippen LogP contribution in [0.5, 0.6) is 5.75 Å². The Kier molecular flexibility index (Phi) is 5.54. The largest absolute Gasteiger partial charge is 0.497 e. The van der Waals surface area contributed by atoms with Gasteiger partial charge in [0.25, 0.3) is 5.91 Å². The van der Waals surface area contributed by atoms with Crippen LogP contribution in [0.3, 0.4) is 0 Å². The van der Waals surface area contributed by atoms with E-state index in [2.05, 4.69) is 20.6 Å². The van der Waals surface area contributed by atoms with E-state index in [1.807, 2.05) is 0 Å². The van der Waals surface area contributed by atoms with Gasteiger partial charge in [0.15, 0.2) is 5.78 Å². The fourth-order valence-electron chi connectivity index (χ4n) is 3.25. The number of benzene rings is 3. The van der Waals surface area contributed by atoms with E-state index < -0.39 is 12.0 Å². The number of ether oxygens (including phenoxy) is 1. The molecule has 0 unspecified atom stereocenters. The zero-order valence-corrected chi connectivity index (χ0v) is 16.9. The van der Waals surface area contributed by atoms with Crippen molar-refractivity contribution in [1.82, 2.24) is 9.97 Å². The van der Waals surface area contributed by atoms with Gasteiger partial charge in [0.2, 0.25) is 5.95 Å². The minimum atomic E-state index is -1.25. The molecule has 0 saturated carbocycles. The Hall–Kier alpha value is -4.66. The van der Waals surface area contributed by atoms with Crippen LogP contribution in [0, 0.1) is 0 Å². The molecule has 4 rings (SSSR count). The number of aromatic amines is 1. The number of ketones is 1. The SMILES string of the molecule is COc1cccc(NC(=O)c2ccccc2C(=O)c2ccc3nc(NC(=O)O)[nH]c3c2)c1. The van der Waals surface area contributed by atoms with Gasteiger partial charge in [-0.05, 0) is 36.4 Å². The highest BCUT2D eigenvalue weighted by atomic mass is 16.5. The lowest BCUT2D eigenvalue weighted by Gasteiger charge is -2.10. The van der Waals surface area contributed by atoms with Crippen LogP contribution in [0.25, 0.3) is 11.0 Å². The highest BCUT2D eigenvalue weighted by molar-refractivity contribution is 6.18. The number of carbonyl (C=O) groups is 3. The molecule has 3 aromatic carbocycles. The minimum absolute atomic E-state index is 0.0511. The van der Waals surface area contributed by atoms with Crippen molar-refractivity contribution in [3.05, 3.63) is 83.4 Å². The molecular formula is C23H18N4O5. The van der Waals surface area contributed by atoms with E-state index in [0.29, 0.717) is 28.0 Å². The number of imidazole rings is 1. The maximum atomic E-state index is 13.2. The summed E-state index contributed by atoms with van der Waals surface area (Å²) in [7, 11) is 1.53. The first kappa shape index (κ1) is 20.6. The summed E-state index contributed by atoms with van der Waals surface area (Å²) in [6.45, 7) is 0.